The van der Waals surface area contributed by atoms with E-state index in [1.165, 1.54) is 14.0 Å². The Morgan fingerprint density at radius 2 is 1.80 bits per heavy atom. The molecule has 0 aliphatic rings. The fourth-order valence-corrected chi connectivity index (χ4v) is 1.96. The van der Waals surface area contributed by atoms with Gasteiger partial charge < -0.3 is 9.47 Å². The van der Waals surface area contributed by atoms with Gasteiger partial charge in [-0.1, -0.05) is 31.0 Å². The van der Waals surface area contributed by atoms with E-state index in [0.29, 0.717) is 13.0 Å². The van der Waals surface area contributed by atoms with E-state index in [-0.39, 0.29) is 5.78 Å². The Labute approximate surface area is 120 Å². The molecule has 0 amide bonds. The van der Waals surface area contributed by atoms with Gasteiger partial charge in [0.1, 0.15) is 17.5 Å². The fourth-order valence-electron chi connectivity index (χ4n) is 1.96. The highest BCUT2D eigenvalue weighted by molar-refractivity contribution is 5.97. The summed E-state index contributed by atoms with van der Waals surface area (Å²) < 4.78 is 10.2. The van der Waals surface area contributed by atoms with Crippen molar-refractivity contribution < 1.29 is 19.1 Å². The van der Waals surface area contributed by atoms with Crippen molar-refractivity contribution in [3.05, 3.63) is 30.3 Å². The van der Waals surface area contributed by atoms with E-state index in [4.69, 9.17) is 4.74 Å². The first-order valence-electron chi connectivity index (χ1n) is 6.91. The zero-order chi connectivity index (χ0) is 14.8. The lowest BCUT2D eigenvalue weighted by Crippen LogP contribution is -2.23. The van der Waals surface area contributed by atoms with Crippen LogP contribution in [0.2, 0.25) is 0 Å². The summed E-state index contributed by atoms with van der Waals surface area (Å²) in [5, 5.41) is 0. The van der Waals surface area contributed by atoms with Crippen LogP contribution in [-0.4, -0.2) is 25.5 Å². The normalized spacial score (nSPS) is 11.7. The van der Waals surface area contributed by atoms with Crippen LogP contribution in [0.1, 0.15) is 32.6 Å². The maximum Gasteiger partial charge on any atom is 0.316 e. The smallest absolute Gasteiger partial charge is 0.316 e. The van der Waals surface area contributed by atoms with Crippen LogP contribution >= 0.6 is 0 Å². The van der Waals surface area contributed by atoms with Crippen LogP contribution in [0.3, 0.4) is 0 Å². The van der Waals surface area contributed by atoms with Crippen LogP contribution < -0.4 is 4.74 Å². The molecule has 4 nitrogen and oxygen atoms in total. The number of esters is 1. The number of carbonyl (C=O) groups is 2. The molecule has 1 atom stereocenters. The SMILES string of the molecule is COC(=O)C(CCCCCOc1ccccc1)C(C)=O. The quantitative estimate of drug-likeness (QED) is 0.396. The highest BCUT2D eigenvalue weighted by Crippen LogP contribution is 2.14. The van der Waals surface area contributed by atoms with Crippen molar-refractivity contribution in [2.24, 2.45) is 5.92 Å². The highest BCUT2D eigenvalue weighted by atomic mass is 16.5. The molecule has 1 rings (SSSR count). The third-order valence-electron chi connectivity index (χ3n) is 3.13. The van der Waals surface area contributed by atoms with Gasteiger partial charge >= 0.3 is 5.97 Å². The van der Waals surface area contributed by atoms with Crippen LogP contribution in [0.5, 0.6) is 5.75 Å². The van der Waals surface area contributed by atoms with E-state index >= 15 is 0 Å². The molecule has 0 radical (unpaired) electrons. The lowest BCUT2D eigenvalue weighted by Gasteiger charge is -2.11. The van der Waals surface area contributed by atoms with E-state index in [2.05, 4.69) is 4.74 Å². The van der Waals surface area contributed by atoms with Crippen LogP contribution in [-0.2, 0) is 14.3 Å². The zero-order valence-electron chi connectivity index (χ0n) is 12.1. The maximum absolute atomic E-state index is 11.4. The van der Waals surface area contributed by atoms with E-state index < -0.39 is 11.9 Å². The average Bonchev–Trinajstić information content (AvgIpc) is 2.46. The van der Waals surface area contributed by atoms with Gasteiger partial charge in [-0.25, -0.2) is 0 Å². The summed E-state index contributed by atoms with van der Waals surface area (Å²) >= 11 is 0. The van der Waals surface area contributed by atoms with Gasteiger partial charge in [0.25, 0.3) is 0 Å². The van der Waals surface area contributed by atoms with Crippen molar-refractivity contribution >= 4 is 11.8 Å². The molecule has 0 fully saturated rings. The average molecular weight is 278 g/mol. The minimum Gasteiger partial charge on any atom is -0.494 e. The van der Waals surface area contributed by atoms with Gasteiger partial charge in [-0.2, -0.15) is 0 Å². The first kappa shape index (κ1) is 16.2. The molecule has 0 aliphatic carbocycles. The molecule has 1 unspecified atom stereocenters. The van der Waals surface area contributed by atoms with Crippen molar-refractivity contribution in [1.82, 2.24) is 0 Å². The summed E-state index contributed by atoms with van der Waals surface area (Å²) in [5.74, 6) is -0.311. The lowest BCUT2D eigenvalue weighted by molar-refractivity contribution is -0.149. The number of hydrogen-bond donors (Lipinski definition) is 0. The molecule has 0 aliphatic heterocycles. The molecule has 1 aromatic carbocycles. The minimum atomic E-state index is -0.616. The molecule has 20 heavy (non-hydrogen) atoms. The zero-order valence-corrected chi connectivity index (χ0v) is 12.1. The minimum absolute atomic E-state index is 0.127. The number of hydrogen-bond acceptors (Lipinski definition) is 4. The maximum atomic E-state index is 11.4. The van der Waals surface area contributed by atoms with E-state index in [0.717, 1.165) is 25.0 Å². The number of rotatable bonds is 9. The predicted molar refractivity (Wildman–Crippen MR) is 76.6 cm³/mol. The summed E-state index contributed by atoms with van der Waals surface area (Å²) in [6.07, 6.45) is 3.19. The number of benzene rings is 1. The summed E-state index contributed by atoms with van der Waals surface area (Å²) in [6, 6.07) is 9.65. The number of ether oxygens (including phenoxy) is 2. The Kier molecular flexibility index (Phi) is 7.40. The molecular weight excluding hydrogens is 256 g/mol. The first-order valence-corrected chi connectivity index (χ1v) is 6.91. The molecule has 0 bridgehead atoms. The molecule has 4 heteroatoms. The largest absolute Gasteiger partial charge is 0.494 e. The Balaban J connectivity index is 2.15. The standard InChI is InChI=1S/C16H22O4/c1-13(17)15(16(18)19-2)11-7-4-8-12-20-14-9-5-3-6-10-14/h3,5-6,9-10,15H,4,7-8,11-12H2,1-2H3. The third kappa shape index (κ3) is 5.87. The predicted octanol–water partition coefficient (Wildman–Crippen LogP) is 3.00. The number of unbranched alkanes of at least 4 members (excludes halogenated alkanes) is 2. The van der Waals surface area contributed by atoms with Crippen molar-refractivity contribution in [3.63, 3.8) is 0 Å². The Hall–Kier alpha value is -1.84. The number of Topliss-reactive ketones (excluding diaryl/α,β-unsaturated/α-hetero) is 1. The Morgan fingerprint density at radius 1 is 1.10 bits per heavy atom. The van der Waals surface area contributed by atoms with E-state index in [9.17, 15) is 9.59 Å². The first-order chi connectivity index (χ1) is 9.65. The number of ketones is 1. The Bertz CT molecular complexity index is 414. The van der Waals surface area contributed by atoms with Gasteiger partial charge in [-0.05, 0) is 31.9 Å². The lowest BCUT2D eigenvalue weighted by atomic mass is 9.98. The summed E-state index contributed by atoms with van der Waals surface area (Å²) in [5.41, 5.74) is 0. The van der Waals surface area contributed by atoms with E-state index in [1.807, 2.05) is 30.3 Å². The molecule has 1 aromatic rings. The van der Waals surface area contributed by atoms with Crippen LogP contribution in [0.25, 0.3) is 0 Å². The fraction of sp³-hybridized carbons (Fsp3) is 0.500. The number of para-hydroxylation sites is 1. The summed E-state index contributed by atoms with van der Waals surface area (Å²) in [4.78, 5) is 22.7. The monoisotopic (exact) mass is 278 g/mol. The molecule has 0 N–H and O–H groups in total. The second-order valence-electron chi connectivity index (χ2n) is 4.70. The van der Waals surface area contributed by atoms with Crippen LogP contribution in [0, 0.1) is 5.92 Å². The topological polar surface area (TPSA) is 52.6 Å². The molecule has 110 valence electrons. The van der Waals surface area contributed by atoms with Crippen LogP contribution in [0.4, 0.5) is 0 Å². The van der Waals surface area contributed by atoms with Gasteiger partial charge in [-0.3, -0.25) is 9.59 Å². The molecule has 0 saturated heterocycles. The van der Waals surface area contributed by atoms with Gasteiger partial charge in [0.2, 0.25) is 0 Å². The Morgan fingerprint density at radius 3 is 2.40 bits per heavy atom. The second kappa shape index (κ2) is 9.13. The van der Waals surface area contributed by atoms with E-state index in [1.54, 1.807) is 0 Å². The van der Waals surface area contributed by atoms with Crippen molar-refractivity contribution in [1.29, 1.82) is 0 Å². The third-order valence-corrected chi connectivity index (χ3v) is 3.13. The number of carbonyl (C=O) groups excluding carboxylic acids is 2. The highest BCUT2D eigenvalue weighted by Gasteiger charge is 2.23. The van der Waals surface area contributed by atoms with Crippen molar-refractivity contribution in [3.8, 4) is 5.75 Å². The molecule has 0 aromatic heterocycles. The second-order valence-corrected chi connectivity index (χ2v) is 4.70. The molecule has 0 heterocycles. The number of methoxy groups -OCH3 is 1. The van der Waals surface area contributed by atoms with Crippen molar-refractivity contribution in [2.75, 3.05) is 13.7 Å². The summed E-state index contributed by atoms with van der Waals surface area (Å²) in [7, 11) is 1.31. The van der Waals surface area contributed by atoms with Crippen molar-refractivity contribution in [2.45, 2.75) is 32.6 Å². The molecule has 0 spiro atoms. The molecular formula is C16H22O4. The van der Waals surface area contributed by atoms with Gasteiger partial charge in [0.15, 0.2) is 0 Å². The summed E-state index contributed by atoms with van der Waals surface area (Å²) in [6.45, 7) is 2.08. The van der Waals surface area contributed by atoms with Crippen LogP contribution in [0.15, 0.2) is 30.3 Å². The molecule has 0 saturated carbocycles. The van der Waals surface area contributed by atoms with Gasteiger partial charge in [0.05, 0.1) is 13.7 Å². The van der Waals surface area contributed by atoms with Gasteiger partial charge in [-0.15, -0.1) is 0 Å². The van der Waals surface area contributed by atoms with Gasteiger partial charge in [0, 0.05) is 0 Å².